The highest BCUT2D eigenvalue weighted by molar-refractivity contribution is 6.35. The van der Waals surface area contributed by atoms with Crippen molar-refractivity contribution < 1.29 is 0 Å². The molecule has 1 aromatic heterocycles. The van der Waals surface area contributed by atoms with Gasteiger partial charge in [-0.05, 0) is 29.7 Å². The summed E-state index contributed by atoms with van der Waals surface area (Å²) in [6, 6.07) is 14.2. The van der Waals surface area contributed by atoms with Crippen molar-refractivity contribution in [1.29, 1.82) is 0 Å². The second-order valence-corrected chi connectivity index (χ2v) is 5.24. The molecule has 0 aliphatic carbocycles. The maximum Gasteiger partial charge on any atom is 0.201 e. The maximum atomic E-state index is 6.27. The molecule has 0 saturated carbocycles. The summed E-state index contributed by atoms with van der Waals surface area (Å²) in [5.41, 5.74) is 10.3. The number of rotatable bonds is 3. The van der Waals surface area contributed by atoms with E-state index < -0.39 is 0 Å². The Bertz CT molecular complexity index is 744. The molecule has 0 fully saturated rings. The molecule has 0 amide bonds. The smallest absolute Gasteiger partial charge is 0.201 e. The summed E-state index contributed by atoms with van der Waals surface area (Å²) in [5, 5.41) is 0.678. The standard InChI is InChI=1S/C16H16ClN3/c1-2-11-6-8-12(9-7-11)10-20-15-13(17)4-3-5-14(15)19-16(20)18/h3-9H,2,10H2,1H3,(H2,18,19). The SMILES string of the molecule is CCc1ccc(Cn2c(N)nc3cccc(Cl)c32)cc1. The van der Waals surface area contributed by atoms with Gasteiger partial charge >= 0.3 is 0 Å². The Morgan fingerprint density at radius 3 is 2.50 bits per heavy atom. The summed E-state index contributed by atoms with van der Waals surface area (Å²) >= 11 is 6.27. The zero-order valence-electron chi connectivity index (χ0n) is 11.3. The van der Waals surface area contributed by atoms with Gasteiger partial charge in [0.2, 0.25) is 5.95 Å². The first-order chi connectivity index (χ1) is 9.69. The van der Waals surface area contributed by atoms with E-state index in [4.69, 9.17) is 17.3 Å². The predicted octanol–water partition coefficient (Wildman–Crippen LogP) is 3.88. The molecule has 0 bridgehead atoms. The molecule has 0 unspecified atom stereocenters. The molecule has 0 radical (unpaired) electrons. The number of aromatic nitrogens is 2. The molecule has 0 aliphatic rings. The highest BCUT2D eigenvalue weighted by Gasteiger charge is 2.11. The van der Waals surface area contributed by atoms with Gasteiger partial charge in [0.05, 0.1) is 22.6 Å². The first kappa shape index (κ1) is 13.0. The van der Waals surface area contributed by atoms with E-state index in [2.05, 4.69) is 36.2 Å². The zero-order chi connectivity index (χ0) is 14.1. The lowest BCUT2D eigenvalue weighted by Crippen LogP contribution is -2.04. The van der Waals surface area contributed by atoms with Crippen LogP contribution in [-0.4, -0.2) is 9.55 Å². The summed E-state index contributed by atoms with van der Waals surface area (Å²) in [7, 11) is 0. The van der Waals surface area contributed by atoms with E-state index in [1.165, 1.54) is 11.1 Å². The number of halogens is 1. The van der Waals surface area contributed by atoms with Crippen LogP contribution in [0.2, 0.25) is 5.02 Å². The number of hydrogen-bond acceptors (Lipinski definition) is 2. The summed E-state index contributed by atoms with van der Waals surface area (Å²) in [6.07, 6.45) is 1.04. The van der Waals surface area contributed by atoms with E-state index >= 15 is 0 Å². The highest BCUT2D eigenvalue weighted by atomic mass is 35.5. The maximum absolute atomic E-state index is 6.27. The minimum atomic E-state index is 0.493. The van der Waals surface area contributed by atoms with Crippen molar-refractivity contribution in [2.24, 2.45) is 0 Å². The van der Waals surface area contributed by atoms with Crippen LogP contribution >= 0.6 is 11.6 Å². The van der Waals surface area contributed by atoms with Gasteiger partial charge < -0.3 is 10.3 Å². The first-order valence-electron chi connectivity index (χ1n) is 6.67. The van der Waals surface area contributed by atoms with E-state index in [9.17, 15) is 0 Å². The molecule has 3 aromatic rings. The molecule has 2 N–H and O–H groups in total. The van der Waals surface area contributed by atoms with Crippen LogP contribution in [0.1, 0.15) is 18.1 Å². The Morgan fingerprint density at radius 1 is 1.10 bits per heavy atom. The number of benzene rings is 2. The predicted molar refractivity (Wildman–Crippen MR) is 84.1 cm³/mol. The van der Waals surface area contributed by atoms with Crippen LogP contribution in [0.15, 0.2) is 42.5 Å². The number of imidazole rings is 1. The minimum absolute atomic E-state index is 0.493. The second-order valence-electron chi connectivity index (χ2n) is 4.83. The Labute approximate surface area is 123 Å². The topological polar surface area (TPSA) is 43.8 Å². The fourth-order valence-corrected chi connectivity index (χ4v) is 2.65. The summed E-state index contributed by atoms with van der Waals surface area (Å²) in [5.74, 6) is 0.493. The van der Waals surface area contributed by atoms with Crippen LogP contribution < -0.4 is 5.73 Å². The van der Waals surface area contributed by atoms with Crippen LogP contribution in [0.3, 0.4) is 0 Å². The molecule has 3 rings (SSSR count). The van der Waals surface area contributed by atoms with Crippen molar-refractivity contribution in [3.05, 3.63) is 58.6 Å². The Morgan fingerprint density at radius 2 is 1.80 bits per heavy atom. The number of anilines is 1. The van der Waals surface area contributed by atoms with E-state index in [1.54, 1.807) is 0 Å². The Balaban J connectivity index is 2.03. The normalized spacial score (nSPS) is 11.1. The lowest BCUT2D eigenvalue weighted by Gasteiger charge is -2.08. The van der Waals surface area contributed by atoms with Gasteiger partial charge in [0.25, 0.3) is 0 Å². The van der Waals surface area contributed by atoms with Gasteiger partial charge in [0, 0.05) is 0 Å². The molecule has 1 heterocycles. The molecule has 0 saturated heterocycles. The van der Waals surface area contributed by atoms with Crippen LogP contribution in [0.5, 0.6) is 0 Å². The summed E-state index contributed by atoms with van der Waals surface area (Å²) < 4.78 is 1.96. The van der Waals surface area contributed by atoms with Crippen molar-refractivity contribution in [2.45, 2.75) is 19.9 Å². The van der Waals surface area contributed by atoms with Crippen molar-refractivity contribution in [2.75, 3.05) is 5.73 Å². The Hall–Kier alpha value is -2.00. The van der Waals surface area contributed by atoms with Gasteiger partial charge in [0.15, 0.2) is 0 Å². The molecule has 4 heteroatoms. The molecule has 2 aromatic carbocycles. The number of aryl methyl sites for hydroxylation is 1. The van der Waals surface area contributed by atoms with Gasteiger partial charge in [-0.1, -0.05) is 48.9 Å². The van der Waals surface area contributed by atoms with E-state index in [0.29, 0.717) is 17.5 Å². The molecule has 0 atom stereocenters. The van der Waals surface area contributed by atoms with E-state index in [1.807, 2.05) is 22.8 Å². The van der Waals surface area contributed by atoms with Gasteiger partial charge in [-0.25, -0.2) is 4.98 Å². The second kappa shape index (κ2) is 5.17. The van der Waals surface area contributed by atoms with Crippen LogP contribution in [-0.2, 0) is 13.0 Å². The minimum Gasteiger partial charge on any atom is -0.369 e. The lowest BCUT2D eigenvalue weighted by molar-refractivity contribution is 0.837. The first-order valence-corrected chi connectivity index (χ1v) is 7.05. The van der Waals surface area contributed by atoms with Gasteiger partial charge in [-0.15, -0.1) is 0 Å². The molecular weight excluding hydrogens is 270 g/mol. The third-order valence-electron chi connectivity index (χ3n) is 3.52. The molecular formula is C16H16ClN3. The monoisotopic (exact) mass is 285 g/mol. The molecule has 3 nitrogen and oxygen atoms in total. The zero-order valence-corrected chi connectivity index (χ0v) is 12.1. The van der Waals surface area contributed by atoms with Crippen molar-refractivity contribution in [3.63, 3.8) is 0 Å². The fraction of sp³-hybridized carbons (Fsp3) is 0.188. The van der Waals surface area contributed by atoms with Crippen LogP contribution in [0, 0.1) is 0 Å². The fourth-order valence-electron chi connectivity index (χ4n) is 2.38. The number of nitrogens with zero attached hydrogens (tertiary/aromatic N) is 2. The van der Waals surface area contributed by atoms with Gasteiger partial charge in [0.1, 0.15) is 0 Å². The number of nitrogen functional groups attached to an aromatic ring is 1. The van der Waals surface area contributed by atoms with Crippen molar-refractivity contribution in [1.82, 2.24) is 9.55 Å². The average Bonchev–Trinajstić information content (AvgIpc) is 2.77. The number of nitrogens with two attached hydrogens (primary N) is 1. The molecule has 102 valence electrons. The largest absolute Gasteiger partial charge is 0.369 e. The summed E-state index contributed by atoms with van der Waals surface area (Å²) in [6.45, 7) is 2.83. The third-order valence-corrected chi connectivity index (χ3v) is 3.82. The Kier molecular flexibility index (Phi) is 3.36. The molecule has 0 spiro atoms. The number of hydrogen-bond donors (Lipinski definition) is 1. The van der Waals surface area contributed by atoms with Crippen molar-refractivity contribution in [3.8, 4) is 0 Å². The number of fused-ring (bicyclic) bond motifs is 1. The van der Waals surface area contributed by atoms with E-state index in [0.717, 1.165) is 17.5 Å². The van der Waals surface area contributed by atoms with E-state index in [-0.39, 0.29) is 0 Å². The molecule has 20 heavy (non-hydrogen) atoms. The van der Waals surface area contributed by atoms with Gasteiger partial charge in [-0.2, -0.15) is 0 Å². The summed E-state index contributed by atoms with van der Waals surface area (Å²) in [4.78, 5) is 4.36. The quantitative estimate of drug-likeness (QED) is 0.793. The highest BCUT2D eigenvalue weighted by Crippen LogP contribution is 2.26. The number of para-hydroxylation sites is 1. The van der Waals surface area contributed by atoms with Crippen molar-refractivity contribution >= 4 is 28.6 Å². The van der Waals surface area contributed by atoms with Crippen LogP contribution in [0.4, 0.5) is 5.95 Å². The third kappa shape index (κ3) is 2.25. The van der Waals surface area contributed by atoms with Gasteiger partial charge in [-0.3, -0.25) is 0 Å². The average molecular weight is 286 g/mol. The van der Waals surface area contributed by atoms with Crippen LogP contribution in [0.25, 0.3) is 11.0 Å². The lowest BCUT2D eigenvalue weighted by atomic mass is 10.1. The molecule has 0 aliphatic heterocycles.